The maximum atomic E-state index is 12.3. The molecule has 5 heteroatoms. The van der Waals surface area contributed by atoms with Gasteiger partial charge in [0, 0.05) is 18.0 Å². The van der Waals surface area contributed by atoms with Crippen LogP contribution in [0.2, 0.25) is 0 Å². The number of hydrogen-bond acceptors (Lipinski definition) is 4. The van der Waals surface area contributed by atoms with Gasteiger partial charge < -0.3 is 0 Å². The van der Waals surface area contributed by atoms with E-state index in [1.54, 1.807) is 17.4 Å². The van der Waals surface area contributed by atoms with Gasteiger partial charge in [-0.3, -0.25) is 15.2 Å². The van der Waals surface area contributed by atoms with Gasteiger partial charge in [-0.1, -0.05) is 48.5 Å². The van der Waals surface area contributed by atoms with Crippen molar-refractivity contribution in [2.24, 2.45) is 0 Å². The lowest BCUT2D eigenvalue weighted by atomic mass is 10.2. The molecule has 0 aliphatic carbocycles. The molecule has 0 bridgehead atoms. The Bertz CT molecular complexity index is 756. The predicted molar refractivity (Wildman–Crippen MR) is 89.9 cm³/mol. The van der Waals surface area contributed by atoms with Crippen LogP contribution in [-0.2, 0) is 0 Å². The molecule has 0 unspecified atom stereocenters. The van der Waals surface area contributed by atoms with E-state index >= 15 is 0 Å². The van der Waals surface area contributed by atoms with Gasteiger partial charge in [0.2, 0.25) is 0 Å². The molecule has 0 aliphatic heterocycles. The molecule has 1 aromatic heterocycles. The van der Waals surface area contributed by atoms with Gasteiger partial charge >= 0.3 is 0 Å². The van der Waals surface area contributed by atoms with Crippen LogP contribution in [0.1, 0.15) is 10.5 Å². The molecular formula is C17H15N3OS. The van der Waals surface area contributed by atoms with E-state index in [9.17, 15) is 4.79 Å². The van der Waals surface area contributed by atoms with Crippen molar-refractivity contribution in [3.8, 4) is 10.6 Å². The molecule has 4 nitrogen and oxygen atoms in total. The first-order valence-corrected chi connectivity index (χ1v) is 7.73. The van der Waals surface area contributed by atoms with Crippen molar-refractivity contribution in [3.05, 3.63) is 71.7 Å². The van der Waals surface area contributed by atoms with Crippen LogP contribution in [-0.4, -0.2) is 17.9 Å². The van der Waals surface area contributed by atoms with Crippen molar-refractivity contribution in [2.75, 3.05) is 12.1 Å². The maximum absolute atomic E-state index is 12.3. The standard InChI is InChI=1S/C17H15N3OS/c1-20(14-10-6-3-7-11-14)19-16(21)15-12-22-17(18-15)13-8-4-2-5-9-13/h2-12H,1H3,(H,19,21). The molecule has 2 aromatic carbocycles. The number of anilines is 1. The van der Waals surface area contributed by atoms with Crippen LogP contribution in [0, 0.1) is 0 Å². The summed E-state index contributed by atoms with van der Waals surface area (Å²) in [6, 6.07) is 19.5. The highest BCUT2D eigenvalue weighted by atomic mass is 32.1. The minimum atomic E-state index is -0.218. The smallest absolute Gasteiger partial charge is 0.288 e. The quantitative estimate of drug-likeness (QED) is 0.749. The molecule has 22 heavy (non-hydrogen) atoms. The highest BCUT2D eigenvalue weighted by molar-refractivity contribution is 7.13. The Kier molecular flexibility index (Phi) is 4.16. The number of carbonyl (C=O) groups excluding carboxylic acids is 1. The topological polar surface area (TPSA) is 45.2 Å². The third-order valence-corrected chi connectivity index (χ3v) is 4.06. The summed E-state index contributed by atoms with van der Waals surface area (Å²) in [6.45, 7) is 0. The molecule has 3 aromatic rings. The van der Waals surface area contributed by atoms with Crippen molar-refractivity contribution in [1.29, 1.82) is 0 Å². The fourth-order valence-electron chi connectivity index (χ4n) is 2.02. The second kappa shape index (κ2) is 6.41. The largest absolute Gasteiger partial charge is 0.289 e. The van der Waals surface area contributed by atoms with Crippen LogP contribution in [0.25, 0.3) is 10.6 Å². The molecule has 1 N–H and O–H groups in total. The van der Waals surface area contributed by atoms with E-state index in [-0.39, 0.29) is 5.91 Å². The average Bonchev–Trinajstić information content (AvgIpc) is 3.06. The maximum Gasteiger partial charge on any atom is 0.289 e. The van der Waals surface area contributed by atoms with Crippen LogP contribution in [0.3, 0.4) is 0 Å². The fourth-order valence-corrected chi connectivity index (χ4v) is 2.82. The number of amides is 1. The van der Waals surface area contributed by atoms with Crippen molar-refractivity contribution in [2.45, 2.75) is 0 Å². The monoisotopic (exact) mass is 309 g/mol. The van der Waals surface area contributed by atoms with E-state index in [1.807, 2.05) is 60.7 Å². The first-order chi connectivity index (χ1) is 10.7. The van der Waals surface area contributed by atoms with Gasteiger partial charge in [0.1, 0.15) is 10.7 Å². The Labute approximate surface area is 133 Å². The number of nitrogens with one attached hydrogen (secondary N) is 1. The molecule has 0 aliphatic rings. The van der Waals surface area contributed by atoms with E-state index in [1.165, 1.54) is 11.3 Å². The zero-order valence-electron chi connectivity index (χ0n) is 12.1. The summed E-state index contributed by atoms with van der Waals surface area (Å²) in [5.41, 5.74) is 5.17. The van der Waals surface area contributed by atoms with E-state index in [4.69, 9.17) is 0 Å². The molecule has 0 fully saturated rings. The van der Waals surface area contributed by atoms with Crippen LogP contribution in [0.4, 0.5) is 5.69 Å². The van der Waals surface area contributed by atoms with E-state index in [0.717, 1.165) is 16.3 Å². The molecule has 0 atom stereocenters. The second-order valence-electron chi connectivity index (χ2n) is 4.74. The normalized spacial score (nSPS) is 10.2. The van der Waals surface area contributed by atoms with Gasteiger partial charge in [-0.05, 0) is 12.1 Å². The molecule has 0 spiro atoms. The van der Waals surface area contributed by atoms with E-state index in [0.29, 0.717) is 5.69 Å². The number of para-hydroxylation sites is 1. The third kappa shape index (κ3) is 3.15. The van der Waals surface area contributed by atoms with E-state index in [2.05, 4.69) is 10.4 Å². The number of carbonyl (C=O) groups is 1. The summed E-state index contributed by atoms with van der Waals surface area (Å²) < 4.78 is 0. The van der Waals surface area contributed by atoms with Gasteiger partial charge in [-0.25, -0.2) is 4.98 Å². The molecule has 3 rings (SSSR count). The fraction of sp³-hybridized carbons (Fsp3) is 0.0588. The average molecular weight is 309 g/mol. The number of thiazole rings is 1. The van der Waals surface area contributed by atoms with Crippen LogP contribution in [0.5, 0.6) is 0 Å². The van der Waals surface area contributed by atoms with Crippen molar-refractivity contribution in [3.63, 3.8) is 0 Å². The number of hydrazine groups is 1. The molecule has 0 saturated heterocycles. The highest BCUT2D eigenvalue weighted by Gasteiger charge is 2.13. The van der Waals surface area contributed by atoms with Crippen molar-refractivity contribution < 1.29 is 4.79 Å². The predicted octanol–water partition coefficient (Wildman–Crippen LogP) is 3.59. The SMILES string of the molecule is CN(NC(=O)c1csc(-c2ccccc2)n1)c1ccccc1. The van der Waals surface area contributed by atoms with Crippen LogP contribution in [0.15, 0.2) is 66.0 Å². The number of rotatable bonds is 4. The highest BCUT2D eigenvalue weighted by Crippen LogP contribution is 2.23. The molecular weight excluding hydrogens is 294 g/mol. The Morgan fingerprint density at radius 2 is 1.68 bits per heavy atom. The Hall–Kier alpha value is -2.66. The minimum Gasteiger partial charge on any atom is -0.288 e. The second-order valence-corrected chi connectivity index (χ2v) is 5.60. The van der Waals surface area contributed by atoms with Gasteiger partial charge in [0.25, 0.3) is 5.91 Å². The Morgan fingerprint density at radius 3 is 2.36 bits per heavy atom. The zero-order valence-corrected chi connectivity index (χ0v) is 12.9. The number of benzene rings is 2. The lowest BCUT2D eigenvalue weighted by Gasteiger charge is -2.19. The van der Waals surface area contributed by atoms with Crippen molar-refractivity contribution >= 4 is 22.9 Å². The van der Waals surface area contributed by atoms with Gasteiger partial charge in [-0.15, -0.1) is 11.3 Å². The van der Waals surface area contributed by atoms with Crippen LogP contribution >= 0.6 is 11.3 Å². The van der Waals surface area contributed by atoms with Gasteiger partial charge in [0.15, 0.2) is 0 Å². The summed E-state index contributed by atoms with van der Waals surface area (Å²) >= 11 is 1.46. The first kappa shape index (κ1) is 14.3. The lowest BCUT2D eigenvalue weighted by molar-refractivity contribution is 0.0947. The summed E-state index contributed by atoms with van der Waals surface area (Å²) in [7, 11) is 1.80. The Balaban J connectivity index is 1.72. The van der Waals surface area contributed by atoms with Gasteiger partial charge in [0.05, 0.1) is 5.69 Å². The molecule has 1 amide bonds. The number of hydrogen-bond donors (Lipinski definition) is 1. The summed E-state index contributed by atoms with van der Waals surface area (Å²) in [6.07, 6.45) is 0. The third-order valence-electron chi connectivity index (χ3n) is 3.17. The summed E-state index contributed by atoms with van der Waals surface area (Å²) in [5, 5.41) is 4.30. The zero-order chi connectivity index (χ0) is 15.4. The van der Waals surface area contributed by atoms with E-state index < -0.39 is 0 Å². The summed E-state index contributed by atoms with van der Waals surface area (Å²) in [5.74, 6) is -0.218. The van der Waals surface area contributed by atoms with Crippen molar-refractivity contribution in [1.82, 2.24) is 10.4 Å². The minimum absolute atomic E-state index is 0.218. The number of nitrogens with zero attached hydrogens (tertiary/aromatic N) is 2. The summed E-state index contributed by atoms with van der Waals surface area (Å²) in [4.78, 5) is 16.7. The molecule has 0 radical (unpaired) electrons. The number of aromatic nitrogens is 1. The molecule has 1 heterocycles. The Morgan fingerprint density at radius 1 is 1.05 bits per heavy atom. The lowest BCUT2D eigenvalue weighted by Crippen LogP contribution is -2.39. The van der Waals surface area contributed by atoms with Gasteiger partial charge in [-0.2, -0.15) is 0 Å². The molecule has 110 valence electrons. The van der Waals surface area contributed by atoms with Crippen LogP contribution < -0.4 is 10.4 Å². The molecule has 0 saturated carbocycles. The first-order valence-electron chi connectivity index (χ1n) is 6.85.